The monoisotopic (exact) mass is 859 g/mol. The number of hydrogen-bond acceptors (Lipinski definition) is 14. The van der Waals surface area contributed by atoms with Crippen molar-refractivity contribution < 1.29 is 57.0 Å². The molecular formula is C40H68N4O12PS-. The number of carbonyl (C=O) groups excluding carboxylic acids is 4. The van der Waals surface area contributed by atoms with Crippen LogP contribution in [0.4, 0.5) is 0 Å². The van der Waals surface area contributed by atoms with Gasteiger partial charge in [-0.05, 0) is 61.8 Å². The highest BCUT2D eigenvalue weighted by atomic mass is 32.5. The fraction of sp³-hybridized carbons (Fsp3) is 0.750. The maximum atomic E-state index is 13.9. The molecule has 1 aliphatic carbocycles. The Morgan fingerprint density at radius 2 is 1.31 bits per heavy atom. The zero-order chi connectivity index (χ0) is 42.6. The van der Waals surface area contributed by atoms with Crippen LogP contribution in [0.25, 0.3) is 0 Å². The number of ether oxygens (including phenoxy) is 6. The van der Waals surface area contributed by atoms with Gasteiger partial charge in [0.1, 0.15) is 5.78 Å². The Morgan fingerprint density at radius 3 is 1.88 bits per heavy atom. The zero-order valence-corrected chi connectivity index (χ0v) is 36.9. The first-order valence-electron chi connectivity index (χ1n) is 20.2. The van der Waals surface area contributed by atoms with Gasteiger partial charge >= 0.3 is 0 Å². The molecular weight excluding hydrogens is 791 g/mol. The highest BCUT2D eigenvalue weighted by Crippen LogP contribution is 2.46. The molecule has 1 aromatic carbocycles. The predicted molar refractivity (Wildman–Crippen MR) is 222 cm³/mol. The molecule has 1 aromatic rings. The number of amides is 3. The minimum atomic E-state index is -3.09. The third-order valence-corrected chi connectivity index (χ3v) is 12.9. The van der Waals surface area contributed by atoms with Gasteiger partial charge in [-0.1, -0.05) is 49.9 Å². The Labute approximate surface area is 350 Å². The van der Waals surface area contributed by atoms with E-state index in [4.69, 9.17) is 44.8 Å². The minimum Gasteiger partial charge on any atom is -0.800 e. The van der Waals surface area contributed by atoms with Crippen molar-refractivity contribution in [3.8, 4) is 0 Å². The second-order valence-electron chi connectivity index (χ2n) is 14.5. The van der Waals surface area contributed by atoms with E-state index in [1.54, 1.807) is 40.1 Å². The van der Waals surface area contributed by atoms with E-state index < -0.39 is 12.5 Å². The lowest BCUT2D eigenvalue weighted by Crippen LogP contribution is -2.53. The van der Waals surface area contributed by atoms with Gasteiger partial charge < -0.3 is 53.8 Å². The molecule has 1 fully saturated rings. The summed E-state index contributed by atoms with van der Waals surface area (Å²) in [4.78, 5) is 67.6. The van der Waals surface area contributed by atoms with Crippen molar-refractivity contribution in [1.29, 1.82) is 0 Å². The summed E-state index contributed by atoms with van der Waals surface area (Å²) in [6.07, 6.45) is 3.25. The van der Waals surface area contributed by atoms with Crippen LogP contribution >= 0.6 is 6.49 Å². The fourth-order valence-electron chi connectivity index (χ4n) is 6.05. The first-order valence-corrected chi connectivity index (χ1v) is 23.0. The summed E-state index contributed by atoms with van der Waals surface area (Å²) in [5, 5.41) is 8.77. The van der Waals surface area contributed by atoms with Gasteiger partial charge in [0.2, 0.25) is 17.7 Å². The van der Waals surface area contributed by atoms with Crippen molar-refractivity contribution >= 4 is 41.8 Å². The Kier molecular flexibility index (Phi) is 27.3. The summed E-state index contributed by atoms with van der Waals surface area (Å²) < 4.78 is 37.3. The topological polar surface area (TPSA) is 195 Å². The Morgan fingerprint density at radius 1 is 0.759 bits per heavy atom. The second-order valence-corrected chi connectivity index (χ2v) is 18.3. The molecule has 16 nitrogen and oxygen atoms in total. The van der Waals surface area contributed by atoms with E-state index in [-0.39, 0.29) is 93.4 Å². The molecule has 2 atom stereocenters. The smallest absolute Gasteiger partial charge is 0.237 e. The van der Waals surface area contributed by atoms with E-state index in [0.717, 1.165) is 11.1 Å². The Hall–Kier alpha value is -2.41. The van der Waals surface area contributed by atoms with Crippen LogP contribution < -0.4 is 20.8 Å². The molecule has 1 unspecified atom stereocenters. The third kappa shape index (κ3) is 22.3. The van der Waals surface area contributed by atoms with E-state index in [1.807, 2.05) is 24.3 Å². The molecule has 3 amide bonds. The molecule has 0 aromatic heterocycles. The van der Waals surface area contributed by atoms with Gasteiger partial charge in [-0.25, -0.2) is 0 Å². The molecule has 2 rings (SSSR count). The van der Waals surface area contributed by atoms with Crippen molar-refractivity contribution in [3.05, 3.63) is 35.4 Å². The Balaban J connectivity index is 2.13. The number of nitrogens with zero attached hydrogens (tertiary/aromatic N) is 1. The zero-order valence-electron chi connectivity index (χ0n) is 35.2. The number of rotatable bonds is 33. The summed E-state index contributed by atoms with van der Waals surface area (Å²) in [5.41, 5.74) is 1.46. The molecule has 0 aliphatic heterocycles. The lowest BCUT2D eigenvalue weighted by Gasteiger charge is -2.38. The van der Waals surface area contributed by atoms with Crippen LogP contribution in [0.2, 0.25) is 0 Å². The molecule has 3 N–H and O–H groups in total. The summed E-state index contributed by atoms with van der Waals surface area (Å²) >= 11 is 5.18. The number of carbonyl (C=O) groups is 4. The van der Waals surface area contributed by atoms with Crippen molar-refractivity contribution in [2.24, 2.45) is 5.92 Å². The summed E-state index contributed by atoms with van der Waals surface area (Å²) in [6.45, 7) is 4.42. The van der Waals surface area contributed by atoms with Crippen LogP contribution in [0, 0.1) is 5.92 Å². The number of nitrogens with one attached hydrogen (secondary N) is 3. The second kappa shape index (κ2) is 30.6. The fourth-order valence-corrected chi connectivity index (χ4v) is 7.29. The summed E-state index contributed by atoms with van der Waals surface area (Å²) in [7, 11) is 4.74. The van der Waals surface area contributed by atoms with Gasteiger partial charge in [0.25, 0.3) is 0 Å². The van der Waals surface area contributed by atoms with Crippen LogP contribution in [-0.2, 0) is 76.9 Å². The van der Waals surface area contributed by atoms with Gasteiger partial charge in [0.15, 0.2) is 0 Å². The molecule has 0 bridgehead atoms. The highest BCUT2D eigenvalue weighted by Gasteiger charge is 2.30. The summed E-state index contributed by atoms with van der Waals surface area (Å²) in [6, 6.07) is 6.68. The van der Waals surface area contributed by atoms with Crippen LogP contribution in [0.5, 0.6) is 0 Å². The normalized spacial score (nSPS) is 17.2. The van der Waals surface area contributed by atoms with Crippen LogP contribution in [0.3, 0.4) is 0 Å². The van der Waals surface area contributed by atoms with Crippen molar-refractivity contribution in [1.82, 2.24) is 20.9 Å². The molecule has 0 radical (unpaired) electrons. The van der Waals surface area contributed by atoms with Crippen LogP contribution in [0.1, 0.15) is 63.5 Å². The van der Waals surface area contributed by atoms with Crippen LogP contribution in [0.15, 0.2) is 24.3 Å². The van der Waals surface area contributed by atoms with E-state index in [2.05, 4.69) is 16.0 Å². The standard InChI is InChI=1S/C40H69N4O12PS/c1-31(2)57(49,58)56-36-14-12-34(13-15-36)39(47)43-28-33-10-8-32(9-11-33)27-37(40(48)42-17-20-55-26-23-52-5)44(29-35(45)7-6-18-53-24-21-50-3)30-38(46)41-16-19-54-25-22-51-4/h8-11,31,34,36-37H,6-7,12-30H2,1-5H3,(H,41,46)(H,42,48)(H,43,47)(H,49,58)/p-1/t34?,36?,37-,57?/m1/s1. The summed E-state index contributed by atoms with van der Waals surface area (Å²) in [5.74, 6) is -1.04. The van der Waals surface area contributed by atoms with Crippen LogP contribution in [-0.4, -0.2) is 153 Å². The van der Waals surface area contributed by atoms with Crippen molar-refractivity contribution in [3.63, 3.8) is 0 Å². The molecule has 18 heteroatoms. The number of Topliss-reactive ketones (excluding diaryl/α,β-unsaturated/α-hetero) is 1. The average molecular weight is 860 g/mol. The van der Waals surface area contributed by atoms with Gasteiger partial charge in [0, 0.05) is 59.9 Å². The highest BCUT2D eigenvalue weighted by molar-refractivity contribution is 8.09. The van der Waals surface area contributed by atoms with E-state index >= 15 is 0 Å². The molecule has 1 aliphatic rings. The van der Waals surface area contributed by atoms with Crippen molar-refractivity contribution in [2.45, 2.75) is 83.1 Å². The maximum absolute atomic E-state index is 13.9. The van der Waals surface area contributed by atoms with E-state index in [1.165, 1.54) is 0 Å². The first kappa shape index (κ1) is 51.7. The van der Waals surface area contributed by atoms with Crippen molar-refractivity contribution in [2.75, 3.05) is 107 Å². The third-order valence-electron chi connectivity index (χ3n) is 9.52. The Bertz CT molecular complexity index is 1340. The largest absolute Gasteiger partial charge is 0.800 e. The first-order chi connectivity index (χ1) is 27.9. The molecule has 0 heterocycles. The molecule has 0 saturated heterocycles. The lowest BCUT2D eigenvalue weighted by molar-refractivity contribution is -0.189. The number of ketones is 1. The van der Waals surface area contributed by atoms with Gasteiger partial charge in [-0.3, -0.25) is 24.1 Å². The van der Waals surface area contributed by atoms with Gasteiger partial charge in [0.05, 0.1) is 78.1 Å². The predicted octanol–water partition coefficient (Wildman–Crippen LogP) is 1.74. The maximum Gasteiger partial charge on any atom is 0.237 e. The molecule has 1 saturated carbocycles. The average Bonchev–Trinajstić information content (AvgIpc) is 3.20. The van der Waals surface area contributed by atoms with Gasteiger partial charge in [-0.15, -0.1) is 0 Å². The number of methoxy groups -OCH3 is 3. The SMILES string of the molecule is COCCOCCCC(=O)CN(CC(=O)NCCOCCOC)[C@H](Cc1ccc(CNC(=O)C2CCC(OP([O-])(=S)C(C)C)CC2)cc1)C(=O)NCCOCCOC. The quantitative estimate of drug-likeness (QED) is 0.0684. The van der Waals surface area contributed by atoms with Gasteiger partial charge in [-0.2, -0.15) is 0 Å². The minimum absolute atomic E-state index is 0.0439. The number of benzene rings is 1. The lowest BCUT2D eigenvalue weighted by atomic mass is 9.87. The number of hydrogen-bond donors (Lipinski definition) is 3. The molecule has 0 spiro atoms. The van der Waals surface area contributed by atoms with E-state index in [9.17, 15) is 24.1 Å². The molecule has 58 heavy (non-hydrogen) atoms. The van der Waals surface area contributed by atoms with E-state index in [0.29, 0.717) is 84.9 Å². The molecule has 332 valence electrons.